The Morgan fingerprint density at radius 3 is 2.69 bits per heavy atom. The van der Waals surface area contributed by atoms with Crippen molar-refractivity contribution in [1.82, 2.24) is 0 Å². The van der Waals surface area contributed by atoms with E-state index in [-0.39, 0.29) is 6.61 Å². The molecule has 0 aromatic rings. The van der Waals surface area contributed by atoms with Gasteiger partial charge >= 0.3 is 0 Å². The quantitative estimate of drug-likeness (QED) is 0.323. The van der Waals surface area contributed by atoms with Gasteiger partial charge in [0.05, 0.1) is 0 Å². The lowest BCUT2D eigenvalue weighted by Crippen LogP contribution is -2.07. The van der Waals surface area contributed by atoms with E-state index in [1.54, 1.807) is 11.8 Å². The normalized spacial score (nSPS) is 15.8. The molecule has 0 amide bonds. The Bertz CT molecular complexity index is 198. The topological polar surface area (TPSA) is 29.5 Å². The second kappa shape index (κ2) is 7.35. The van der Waals surface area contributed by atoms with Crippen molar-refractivity contribution in [2.24, 2.45) is 0 Å². The van der Waals surface area contributed by atoms with Crippen LogP contribution >= 0.6 is 24.4 Å². The van der Waals surface area contributed by atoms with Gasteiger partial charge in [-0.2, -0.15) is 0 Å². The van der Waals surface area contributed by atoms with Crippen LogP contribution in [-0.4, -0.2) is 23.4 Å². The van der Waals surface area contributed by atoms with Gasteiger partial charge in [-0.15, -0.1) is 24.4 Å². The zero-order valence-corrected chi connectivity index (χ0v) is 9.86. The van der Waals surface area contributed by atoms with Gasteiger partial charge in [-0.25, -0.2) is 0 Å². The summed E-state index contributed by atoms with van der Waals surface area (Å²) in [7, 11) is 0. The highest BCUT2D eigenvalue weighted by molar-refractivity contribution is 8.02. The maximum absolute atomic E-state index is 8.91. The molecule has 0 aliphatic carbocycles. The lowest BCUT2D eigenvalue weighted by molar-refractivity contribution is 0.132. The number of rotatable bonds is 5. The first-order valence-corrected chi connectivity index (χ1v) is 5.72. The Morgan fingerprint density at radius 2 is 2.31 bits per heavy atom. The predicted molar refractivity (Wildman–Crippen MR) is 62.0 cm³/mol. The van der Waals surface area contributed by atoms with Crippen LogP contribution in [0.3, 0.4) is 0 Å². The molecule has 0 aromatic carbocycles. The predicted octanol–water partition coefficient (Wildman–Crippen LogP) is 2.42. The van der Waals surface area contributed by atoms with Crippen LogP contribution in [0.15, 0.2) is 22.8 Å². The van der Waals surface area contributed by atoms with Crippen LogP contribution in [0.1, 0.15) is 13.8 Å². The zero-order chi connectivity index (χ0) is 10.3. The first kappa shape index (κ1) is 12.9. The number of allylic oxidation sites excluding steroid dienone is 3. The van der Waals surface area contributed by atoms with Gasteiger partial charge in [0.2, 0.25) is 0 Å². The Morgan fingerprint density at radius 1 is 1.69 bits per heavy atom. The van der Waals surface area contributed by atoms with E-state index >= 15 is 0 Å². The fourth-order valence-corrected chi connectivity index (χ4v) is 1.09. The van der Waals surface area contributed by atoms with Crippen molar-refractivity contribution in [3.63, 3.8) is 0 Å². The average molecular weight is 220 g/mol. The van der Waals surface area contributed by atoms with Gasteiger partial charge in [0.15, 0.2) is 0 Å². The Balaban J connectivity index is 4.27. The largest absolute Gasteiger partial charge is 0.489 e. The van der Waals surface area contributed by atoms with Crippen molar-refractivity contribution < 1.29 is 9.84 Å². The van der Waals surface area contributed by atoms with Gasteiger partial charge in [0.25, 0.3) is 0 Å². The van der Waals surface area contributed by atoms with Gasteiger partial charge in [-0.3, -0.25) is 0 Å². The number of aliphatic hydroxyl groups excluding tert-OH is 1. The molecule has 2 nitrogen and oxygen atoms in total. The molecule has 0 heterocycles. The molecular formula is C9H16O2S2. The third-order valence-corrected chi connectivity index (χ3v) is 2.32. The first-order chi connectivity index (χ1) is 6.11. The van der Waals surface area contributed by atoms with E-state index < -0.39 is 5.44 Å². The third-order valence-electron chi connectivity index (χ3n) is 1.36. The summed E-state index contributed by atoms with van der Waals surface area (Å²) in [4.78, 5) is 1.09. The van der Waals surface area contributed by atoms with Crippen molar-refractivity contribution in [3.8, 4) is 0 Å². The molecule has 0 aromatic heterocycles. The number of thioether (sulfide) groups is 1. The first-order valence-electron chi connectivity index (χ1n) is 3.98. The van der Waals surface area contributed by atoms with E-state index in [1.807, 2.05) is 32.3 Å². The van der Waals surface area contributed by atoms with Crippen LogP contribution in [0.5, 0.6) is 0 Å². The summed E-state index contributed by atoms with van der Waals surface area (Å²) in [6, 6.07) is 0. The highest BCUT2D eigenvalue weighted by atomic mass is 32.2. The zero-order valence-electron chi connectivity index (χ0n) is 8.15. The lowest BCUT2D eigenvalue weighted by atomic mass is 10.4. The minimum atomic E-state index is -0.727. The summed E-state index contributed by atoms with van der Waals surface area (Å²) >= 11 is 5.44. The highest BCUT2D eigenvalue weighted by Gasteiger charge is 2.02. The number of thiol groups is 1. The molecule has 1 unspecified atom stereocenters. The van der Waals surface area contributed by atoms with Crippen molar-refractivity contribution in [2.75, 3.05) is 12.9 Å². The molecule has 0 bridgehead atoms. The maximum Gasteiger partial charge on any atom is 0.130 e. The van der Waals surface area contributed by atoms with Gasteiger partial charge in [0, 0.05) is 4.91 Å². The SMILES string of the molecule is C/C=C/C(OCC(O)S)=C(/C)SC. The summed E-state index contributed by atoms with van der Waals surface area (Å²) in [6.45, 7) is 4.11. The van der Waals surface area contributed by atoms with E-state index in [4.69, 9.17) is 9.84 Å². The van der Waals surface area contributed by atoms with Crippen LogP contribution < -0.4 is 0 Å². The Kier molecular flexibility index (Phi) is 7.32. The molecule has 0 rings (SSSR count). The molecule has 76 valence electrons. The molecule has 0 fully saturated rings. The van der Waals surface area contributed by atoms with Crippen molar-refractivity contribution in [1.29, 1.82) is 0 Å². The molecule has 0 spiro atoms. The number of ether oxygens (including phenoxy) is 1. The molecule has 0 radical (unpaired) electrons. The smallest absolute Gasteiger partial charge is 0.130 e. The van der Waals surface area contributed by atoms with Gasteiger partial charge < -0.3 is 9.84 Å². The molecule has 0 aliphatic rings. The fraction of sp³-hybridized carbons (Fsp3) is 0.556. The van der Waals surface area contributed by atoms with E-state index in [2.05, 4.69) is 12.6 Å². The maximum atomic E-state index is 8.91. The van der Waals surface area contributed by atoms with Crippen LogP contribution in [0.4, 0.5) is 0 Å². The second-order valence-electron chi connectivity index (χ2n) is 2.42. The molecule has 1 N–H and O–H groups in total. The highest BCUT2D eigenvalue weighted by Crippen LogP contribution is 2.18. The van der Waals surface area contributed by atoms with Crippen molar-refractivity contribution in [3.05, 3.63) is 22.8 Å². The van der Waals surface area contributed by atoms with Crippen molar-refractivity contribution >= 4 is 24.4 Å². The fourth-order valence-electron chi connectivity index (χ4n) is 0.683. The van der Waals surface area contributed by atoms with E-state index in [0.717, 1.165) is 10.7 Å². The summed E-state index contributed by atoms with van der Waals surface area (Å²) in [5.74, 6) is 0.795. The lowest BCUT2D eigenvalue weighted by Gasteiger charge is -2.10. The van der Waals surface area contributed by atoms with E-state index in [1.165, 1.54) is 0 Å². The molecule has 4 heteroatoms. The van der Waals surface area contributed by atoms with Crippen LogP contribution in [0.25, 0.3) is 0 Å². The summed E-state index contributed by atoms with van der Waals surface area (Å²) in [5, 5.41) is 8.91. The molecule has 1 atom stereocenters. The van der Waals surface area contributed by atoms with Gasteiger partial charge in [-0.1, -0.05) is 6.08 Å². The minimum absolute atomic E-state index is 0.209. The molecule has 13 heavy (non-hydrogen) atoms. The summed E-state index contributed by atoms with van der Waals surface area (Å²) in [5.41, 5.74) is -0.727. The van der Waals surface area contributed by atoms with Gasteiger partial charge in [0.1, 0.15) is 17.8 Å². The van der Waals surface area contributed by atoms with E-state index in [9.17, 15) is 0 Å². The third kappa shape index (κ3) is 6.07. The Labute approximate surface area is 89.5 Å². The number of hydrogen-bond donors (Lipinski definition) is 2. The summed E-state index contributed by atoms with van der Waals surface area (Å²) in [6.07, 6.45) is 5.77. The number of aliphatic hydroxyl groups is 1. The molecule has 0 aliphatic heterocycles. The number of hydrogen-bond acceptors (Lipinski definition) is 4. The standard InChI is InChI=1S/C9H16O2S2/c1-4-5-8(7(2)13-3)11-6-9(10)12/h4-5,9-10,12H,6H2,1-3H3/b5-4+,8-7+. The molecule has 0 saturated heterocycles. The van der Waals surface area contributed by atoms with Crippen molar-refractivity contribution in [2.45, 2.75) is 19.3 Å². The minimum Gasteiger partial charge on any atom is -0.489 e. The van der Waals surface area contributed by atoms with E-state index in [0.29, 0.717) is 0 Å². The van der Waals surface area contributed by atoms with Crippen LogP contribution in [0, 0.1) is 0 Å². The molecular weight excluding hydrogens is 204 g/mol. The van der Waals surface area contributed by atoms with Crippen LogP contribution in [-0.2, 0) is 4.74 Å². The Hall–Kier alpha value is -0.0600. The average Bonchev–Trinajstić information content (AvgIpc) is 2.10. The monoisotopic (exact) mass is 220 g/mol. The molecule has 0 saturated carbocycles. The summed E-state index contributed by atoms with van der Waals surface area (Å²) < 4.78 is 5.34. The second-order valence-corrected chi connectivity index (χ2v) is 4.03. The van der Waals surface area contributed by atoms with Crippen LogP contribution in [0.2, 0.25) is 0 Å². The van der Waals surface area contributed by atoms with Gasteiger partial charge in [-0.05, 0) is 26.2 Å².